The number of hydrogen-bond acceptors (Lipinski definition) is 4. The number of nitrogens with zero attached hydrogens (tertiary/aromatic N) is 2. The summed E-state index contributed by atoms with van der Waals surface area (Å²) >= 11 is 12.7. The third kappa shape index (κ3) is 7.85. The first-order valence-electron chi connectivity index (χ1n) is 11.8. The van der Waals surface area contributed by atoms with E-state index in [1.54, 1.807) is 37.3 Å². The van der Waals surface area contributed by atoms with E-state index in [1.165, 1.54) is 4.90 Å². The second-order valence-corrected chi connectivity index (χ2v) is 12.2. The molecule has 0 heterocycles. The molecule has 1 atom stereocenters. The average molecular weight is 557 g/mol. The number of rotatable bonds is 11. The molecular weight excluding hydrogens is 521 g/mol. The fourth-order valence-electron chi connectivity index (χ4n) is 3.69. The molecule has 1 N–H and O–H groups in total. The zero-order valence-corrected chi connectivity index (χ0v) is 23.9. The summed E-state index contributed by atoms with van der Waals surface area (Å²) in [6, 6.07) is 11.2. The van der Waals surface area contributed by atoms with Crippen LogP contribution in [0.25, 0.3) is 0 Å². The summed E-state index contributed by atoms with van der Waals surface area (Å²) in [5.74, 6) is -0.660. The van der Waals surface area contributed by atoms with E-state index in [0.717, 1.165) is 16.1 Å². The molecule has 0 aliphatic heterocycles. The van der Waals surface area contributed by atoms with E-state index in [-0.39, 0.29) is 24.3 Å². The lowest BCUT2D eigenvalue weighted by molar-refractivity contribution is -0.139. The Balaban J connectivity index is 2.49. The van der Waals surface area contributed by atoms with Gasteiger partial charge < -0.3 is 10.2 Å². The van der Waals surface area contributed by atoms with Gasteiger partial charge in [0.25, 0.3) is 0 Å². The number of sulfonamides is 1. The monoisotopic (exact) mass is 555 g/mol. The molecule has 0 aromatic heterocycles. The van der Waals surface area contributed by atoms with E-state index in [4.69, 9.17) is 23.2 Å². The van der Waals surface area contributed by atoms with Crippen molar-refractivity contribution in [3.05, 3.63) is 63.6 Å². The minimum atomic E-state index is -3.83. The van der Waals surface area contributed by atoms with E-state index in [0.29, 0.717) is 27.8 Å². The van der Waals surface area contributed by atoms with Crippen molar-refractivity contribution in [1.29, 1.82) is 0 Å². The molecule has 198 valence electrons. The van der Waals surface area contributed by atoms with Gasteiger partial charge in [-0.2, -0.15) is 0 Å². The van der Waals surface area contributed by atoms with Crippen LogP contribution >= 0.6 is 23.2 Å². The van der Waals surface area contributed by atoms with Gasteiger partial charge >= 0.3 is 0 Å². The summed E-state index contributed by atoms with van der Waals surface area (Å²) in [5, 5.41) is 3.54. The molecule has 1 unspecified atom stereocenters. The molecule has 0 fully saturated rings. The van der Waals surface area contributed by atoms with Crippen molar-refractivity contribution in [1.82, 2.24) is 10.2 Å². The first kappa shape index (κ1) is 29.9. The molecule has 36 heavy (non-hydrogen) atoms. The number of hydrogen-bond donors (Lipinski definition) is 1. The zero-order valence-electron chi connectivity index (χ0n) is 21.6. The maximum Gasteiger partial charge on any atom is 0.244 e. The molecule has 0 aliphatic carbocycles. The second-order valence-electron chi connectivity index (χ2n) is 9.52. The van der Waals surface area contributed by atoms with Gasteiger partial charge in [-0.3, -0.25) is 13.9 Å². The molecule has 0 spiro atoms. The van der Waals surface area contributed by atoms with Crippen molar-refractivity contribution < 1.29 is 18.0 Å². The average Bonchev–Trinajstić information content (AvgIpc) is 2.79. The molecule has 0 saturated heterocycles. The third-order valence-corrected chi connectivity index (χ3v) is 7.58. The molecule has 2 aromatic rings. The van der Waals surface area contributed by atoms with E-state index in [2.05, 4.69) is 5.32 Å². The van der Waals surface area contributed by atoms with Crippen LogP contribution in [0.1, 0.15) is 51.7 Å². The van der Waals surface area contributed by atoms with Gasteiger partial charge in [0.15, 0.2) is 0 Å². The maximum atomic E-state index is 13.7. The van der Waals surface area contributed by atoms with E-state index in [1.807, 2.05) is 39.8 Å². The van der Waals surface area contributed by atoms with E-state index < -0.39 is 28.5 Å². The van der Waals surface area contributed by atoms with Gasteiger partial charge in [0, 0.05) is 28.7 Å². The molecule has 0 saturated carbocycles. The lowest BCUT2D eigenvalue weighted by Crippen LogP contribution is -2.51. The highest BCUT2D eigenvalue weighted by Crippen LogP contribution is 2.30. The minimum Gasteiger partial charge on any atom is -0.354 e. The Bertz CT molecular complexity index is 1170. The standard InChI is InChI=1S/C26H35Cl2N3O4S/c1-17(2)14-29-26(33)19(5)30(15-21-22(27)11-9-12-23(21)28)25(32)16-31(36(6,34)35)24-13-8-7-10-20(24)18(3)4/h7-13,17-19H,14-16H2,1-6H3,(H,29,33). The summed E-state index contributed by atoms with van der Waals surface area (Å²) in [6.45, 7) is 9.34. The number of anilines is 1. The Kier molecular flexibility index (Phi) is 10.6. The highest BCUT2D eigenvalue weighted by Gasteiger charge is 2.31. The Morgan fingerprint density at radius 1 is 0.944 bits per heavy atom. The van der Waals surface area contributed by atoms with Gasteiger partial charge in [-0.1, -0.05) is 75.2 Å². The summed E-state index contributed by atoms with van der Waals surface area (Å²) in [5.41, 5.74) is 1.70. The fraction of sp³-hybridized carbons (Fsp3) is 0.462. The van der Waals surface area contributed by atoms with Crippen LogP contribution in [0.3, 0.4) is 0 Å². The van der Waals surface area contributed by atoms with Gasteiger partial charge in [-0.25, -0.2) is 8.42 Å². The topological polar surface area (TPSA) is 86.8 Å². The second kappa shape index (κ2) is 12.8. The van der Waals surface area contributed by atoms with Crippen LogP contribution in [0.5, 0.6) is 0 Å². The number of nitrogens with one attached hydrogen (secondary N) is 1. The lowest BCUT2D eigenvalue weighted by atomic mass is 10.0. The first-order valence-corrected chi connectivity index (χ1v) is 14.4. The number of para-hydroxylation sites is 1. The highest BCUT2D eigenvalue weighted by molar-refractivity contribution is 7.92. The fourth-order valence-corrected chi connectivity index (χ4v) is 5.07. The number of halogens is 2. The zero-order chi connectivity index (χ0) is 27.2. The number of amides is 2. The molecule has 10 heteroatoms. The molecular formula is C26H35Cl2N3O4S. The van der Waals surface area contributed by atoms with Crippen LogP contribution in [-0.4, -0.2) is 50.5 Å². The van der Waals surface area contributed by atoms with Gasteiger partial charge in [0.05, 0.1) is 11.9 Å². The molecule has 2 amide bonds. The molecule has 0 bridgehead atoms. The van der Waals surface area contributed by atoms with Crippen LogP contribution in [0.2, 0.25) is 10.0 Å². The van der Waals surface area contributed by atoms with Gasteiger partial charge in [-0.15, -0.1) is 0 Å². The van der Waals surface area contributed by atoms with E-state index in [9.17, 15) is 18.0 Å². The van der Waals surface area contributed by atoms with Crippen molar-refractivity contribution in [3.63, 3.8) is 0 Å². The predicted molar refractivity (Wildman–Crippen MR) is 147 cm³/mol. The Morgan fingerprint density at radius 3 is 2.06 bits per heavy atom. The van der Waals surface area contributed by atoms with Crippen LogP contribution in [-0.2, 0) is 26.2 Å². The Morgan fingerprint density at radius 2 is 1.53 bits per heavy atom. The van der Waals surface area contributed by atoms with Crippen molar-refractivity contribution in [2.45, 2.75) is 53.1 Å². The van der Waals surface area contributed by atoms with Gasteiger partial charge in [-0.05, 0) is 42.5 Å². The van der Waals surface area contributed by atoms with Crippen molar-refractivity contribution in [3.8, 4) is 0 Å². The SMILES string of the molecule is CC(C)CNC(=O)C(C)N(Cc1c(Cl)cccc1Cl)C(=O)CN(c1ccccc1C(C)C)S(C)(=O)=O. The van der Waals surface area contributed by atoms with Crippen molar-refractivity contribution in [2.75, 3.05) is 23.7 Å². The third-order valence-electron chi connectivity index (χ3n) is 5.75. The van der Waals surface area contributed by atoms with Crippen LogP contribution < -0.4 is 9.62 Å². The summed E-state index contributed by atoms with van der Waals surface area (Å²) < 4.78 is 26.8. The van der Waals surface area contributed by atoms with Crippen molar-refractivity contribution in [2.24, 2.45) is 5.92 Å². The smallest absolute Gasteiger partial charge is 0.244 e. The van der Waals surface area contributed by atoms with Crippen LogP contribution in [0, 0.1) is 5.92 Å². The van der Waals surface area contributed by atoms with E-state index >= 15 is 0 Å². The first-order chi connectivity index (χ1) is 16.7. The van der Waals surface area contributed by atoms with Crippen LogP contribution in [0.4, 0.5) is 5.69 Å². The summed E-state index contributed by atoms with van der Waals surface area (Å²) in [4.78, 5) is 28.0. The van der Waals surface area contributed by atoms with Crippen molar-refractivity contribution >= 4 is 50.7 Å². The lowest BCUT2D eigenvalue weighted by Gasteiger charge is -2.32. The van der Waals surface area contributed by atoms with Gasteiger partial charge in [0.2, 0.25) is 21.8 Å². The maximum absolute atomic E-state index is 13.7. The Hall–Kier alpha value is -2.29. The summed E-state index contributed by atoms with van der Waals surface area (Å²) in [7, 11) is -3.83. The summed E-state index contributed by atoms with van der Waals surface area (Å²) in [6.07, 6.45) is 1.06. The molecule has 2 rings (SSSR count). The minimum absolute atomic E-state index is 0.0271. The number of benzene rings is 2. The normalized spacial score (nSPS) is 12.5. The molecule has 0 aliphatic rings. The number of carbonyl (C=O) groups excluding carboxylic acids is 2. The van der Waals surface area contributed by atoms with Gasteiger partial charge in [0.1, 0.15) is 12.6 Å². The quantitative estimate of drug-likeness (QED) is 0.419. The highest BCUT2D eigenvalue weighted by atomic mass is 35.5. The largest absolute Gasteiger partial charge is 0.354 e. The molecule has 7 nitrogen and oxygen atoms in total. The van der Waals surface area contributed by atoms with Crippen LogP contribution in [0.15, 0.2) is 42.5 Å². The molecule has 2 aromatic carbocycles. The Labute approximate surface area is 224 Å². The molecule has 0 radical (unpaired) electrons. The number of carbonyl (C=O) groups is 2. The predicted octanol–water partition coefficient (Wildman–Crippen LogP) is 5.07.